The lowest BCUT2D eigenvalue weighted by atomic mass is 9.96. The molecule has 0 bridgehead atoms. The molecular formula is C16H22N4O. The predicted octanol–water partition coefficient (Wildman–Crippen LogP) is 4.20. The summed E-state index contributed by atoms with van der Waals surface area (Å²) in [7, 11) is 0. The maximum atomic E-state index is 9.13. The molecule has 21 heavy (non-hydrogen) atoms. The summed E-state index contributed by atoms with van der Waals surface area (Å²) in [5.41, 5.74) is 3.10. The van der Waals surface area contributed by atoms with Gasteiger partial charge in [0.25, 0.3) is 5.88 Å². The number of hydrazone groups is 1. The van der Waals surface area contributed by atoms with Crippen LogP contribution in [0.4, 0.5) is 5.88 Å². The Hall–Kier alpha value is -2.09. The number of rotatable bonds is 6. The van der Waals surface area contributed by atoms with Gasteiger partial charge in [0.05, 0.1) is 0 Å². The van der Waals surface area contributed by atoms with Crippen molar-refractivity contribution in [1.29, 1.82) is 5.26 Å². The van der Waals surface area contributed by atoms with Gasteiger partial charge in [-0.15, -0.1) is 0 Å². The van der Waals surface area contributed by atoms with E-state index in [4.69, 9.17) is 9.68 Å². The zero-order valence-electron chi connectivity index (χ0n) is 12.7. The first-order valence-corrected chi connectivity index (χ1v) is 7.63. The molecule has 5 heteroatoms. The van der Waals surface area contributed by atoms with E-state index in [2.05, 4.69) is 47.6 Å². The van der Waals surface area contributed by atoms with Crippen LogP contribution >= 0.6 is 0 Å². The average Bonchev–Trinajstić information content (AvgIpc) is 2.93. The zero-order chi connectivity index (χ0) is 15.1. The van der Waals surface area contributed by atoms with E-state index in [1.165, 1.54) is 0 Å². The number of nitrogens with one attached hydrogen (secondary N) is 1. The van der Waals surface area contributed by atoms with Crippen LogP contribution in [0.2, 0.25) is 0 Å². The van der Waals surface area contributed by atoms with Crippen LogP contribution in [-0.4, -0.2) is 11.2 Å². The number of nitrogens with zero attached hydrogens (tertiary/aromatic N) is 3. The molecule has 1 atom stereocenters. The van der Waals surface area contributed by atoms with E-state index in [0.717, 1.165) is 32.1 Å². The number of nitriles is 1. The largest absolute Gasteiger partial charge is 0.422 e. The topological polar surface area (TPSA) is 74.2 Å². The molecule has 1 unspecified atom stereocenters. The van der Waals surface area contributed by atoms with Crippen molar-refractivity contribution in [3.05, 3.63) is 23.7 Å². The van der Waals surface area contributed by atoms with Crippen LogP contribution in [0.5, 0.6) is 0 Å². The Bertz CT molecular complexity index is 549. The number of oxazole rings is 1. The fourth-order valence-electron chi connectivity index (χ4n) is 2.45. The third-order valence-electron chi connectivity index (χ3n) is 3.85. The lowest BCUT2D eigenvalue weighted by Crippen LogP contribution is -2.05. The minimum atomic E-state index is 0.250. The van der Waals surface area contributed by atoms with Crippen LogP contribution in [-0.2, 0) is 0 Å². The van der Waals surface area contributed by atoms with Crippen LogP contribution in [0.25, 0.3) is 0 Å². The quantitative estimate of drug-likeness (QED) is 0.483. The van der Waals surface area contributed by atoms with E-state index in [9.17, 15) is 0 Å². The summed E-state index contributed by atoms with van der Waals surface area (Å²) in [5.74, 6) is 1.67. The molecule has 0 fully saturated rings. The third kappa shape index (κ3) is 3.94. The molecule has 1 N–H and O–H groups in total. The Morgan fingerprint density at radius 1 is 1.52 bits per heavy atom. The van der Waals surface area contributed by atoms with Crippen LogP contribution in [0.15, 0.2) is 21.7 Å². The van der Waals surface area contributed by atoms with Crippen LogP contribution in [0.3, 0.4) is 0 Å². The number of anilines is 1. The molecule has 0 saturated heterocycles. The second-order valence-corrected chi connectivity index (χ2v) is 5.29. The van der Waals surface area contributed by atoms with Gasteiger partial charge in [0.2, 0.25) is 11.6 Å². The van der Waals surface area contributed by atoms with Crippen LogP contribution in [0, 0.1) is 17.2 Å². The Kier molecular flexibility index (Phi) is 5.56. The van der Waals surface area contributed by atoms with Crippen molar-refractivity contribution in [2.24, 2.45) is 11.0 Å². The standard InChI is InChI=1S/C16H22N4O/c1-3-13(4-2)15-19-14(10-17)16(21-15)20-18-11-12-8-6-5-7-9-12/h5-6,11-13,20H,3-4,7-9H2,1-2H3. The molecule has 0 spiro atoms. The molecule has 1 aromatic heterocycles. The monoisotopic (exact) mass is 286 g/mol. The Morgan fingerprint density at radius 2 is 2.33 bits per heavy atom. The van der Waals surface area contributed by atoms with Gasteiger partial charge in [-0.3, -0.25) is 0 Å². The first-order chi connectivity index (χ1) is 10.3. The molecule has 2 rings (SSSR count). The first-order valence-electron chi connectivity index (χ1n) is 7.63. The zero-order valence-corrected chi connectivity index (χ0v) is 12.7. The molecule has 1 heterocycles. The predicted molar refractivity (Wildman–Crippen MR) is 83.1 cm³/mol. The van der Waals surface area contributed by atoms with Gasteiger partial charge >= 0.3 is 0 Å². The van der Waals surface area contributed by atoms with Crippen molar-refractivity contribution in [3.63, 3.8) is 0 Å². The van der Waals surface area contributed by atoms with Gasteiger partial charge < -0.3 is 4.42 Å². The molecule has 0 amide bonds. The highest BCUT2D eigenvalue weighted by Crippen LogP contribution is 2.27. The van der Waals surface area contributed by atoms with Crippen LogP contribution < -0.4 is 5.43 Å². The van der Waals surface area contributed by atoms with Gasteiger partial charge in [0.15, 0.2) is 0 Å². The van der Waals surface area contributed by atoms with Gasteiger partial charge in [-0.25, -0.2) is 10.4 Å². The highest BCUT2D eigenvalue weighted by molar-refractivity contribution is 5.63. The van der Waals surface area contributed by atoms with E-state index in [1.54, 1.807) is 0 Å². The first kappa shape index (κ1) is 15.3. The lowest BCUT2D eigenvalue weighted by Gasteiger charge is -2.11. The Labute approximate surface area is 125 Å². The lowest BCUT2D eigenvalue weighted by molar-refractivity contribution is 0.439. The van der Waals surface area contributed by atoms with E-state index in [0.29, 0.717) is 17.7 Å². The van der Waals surface area contributed by atoms with E-state index >= 15 is 0 Å². The molecule has 1 aliphatic rings. The fourth-order valence-corrected chi connectivity index (χ4v) is 2.45. The van der Waals surface area contributed by atoms with Crippen molar-refractivity contribution < 1.29 is 4.42 Å². The normalized spacial score (nSPS) is 18.3. The fraction of sp³-hybridized carbons (Fsp3) is 0.562. The summed E-state index contributed by atoms with van der Waals surface area (Å²) in [6.07, 6.45) is 11.4. The Morgan fingerprint density at radius 3 is 2.95 bits per heavy atom. The third-order valence-corrected chi connectivity index (χ3v) is 3.85. The Balaban J connectivity index is 2.03. The number of aromatic nitrogens is 1. The number of hydrogen-bond acceptors (Lipinski definition) is 5. The maximum absolute atomic E-state index is 9.13. The van der Waals surface area contributed by atoms with Gasteiger partial charge in [0.1, 0.15) is 6.07 Å². The highest BCUT2D eigenvalue weighted by Gasteiger charge is 2.18. The summed E-state index contributed by atoms with van der Waals surface area (Å²) in [5, 5.41) is 13.3. The van der Waals surface area contributed by atoms with Crippen molar-refractivity contribution in [2.45, 2.75) is 51.9 Å². The molecule has 5 nitrogen and oxygen atoms in total. The molecule has 0 radical (unpaired) electrons. The molecule has 1 aliphatic carbocycles. The second-order valence-electron chi connectivity index (χ2n) is 5.29. The smallest absolute Gasteiger partial charge is 0.252 e. The van der Waals surface area contributed by atoms with E-state index in [-0.39, 0.29) is 11.6 Å². The second kappa shape index (κ2) is 7.63. The molecule has 0 aliphatic heterocycles. The summed E-state index contributed by atoms with van der Waals surface area (Å²) in [6, 6.07) is 2.06. The summed E-state index contributed by atoms with van der Waals surface area (Å²) in [6.45, 7) is 4.18. The maximum Gasteiger partial charge on any atom is 0.252 e. The summed E-state index contributed by atoms with van der Waals surface area (Å²) in [4.78, 5) is 4.26. The van der Waals surface area contributed by atoms with Gasteiger partial charge in [0, 0.05) is 12.1 Å². The van der Waals surface area contributed by atoms with E-state index < -0.39 is 0 Å². The SMILES string of the molecule is CCC(CC)c1nc(C#N)c(NN=CC2CC=CCC2)o1. The van der Waals surface area contributed by atoms with Crippen molar-refractivity contribution in [2.75, 3.05) is 5.43 Å². The van der Waals surface area contributed by atoms with E-state index in [1.807, 2.05) is 6.21 Å². The number of hydrogen-bond donors (Lipinski definition) is 1. The summed E-state index contributed by atoms with van der Waals surface area (Å²) >= 11 is 0. The van der Waals surface area contributed by atoms with Gasteiger partial charge in [-0.2, -0.15) is 10.4 Å². The minimum absolute atomic E-state index is 0.250. The van der Waals surface area contributed by atoms with Crippen molar-refractivity contribution >= 4 is 12.1 Å². The summed E-state index contributed by atoms with van der Waals surface area (Å²) < 4.78 is 5.67. The average molecular weight is 286 g/mol. The molecule has 0 saturated carbocycles. The van der Waals surface area contributed by atoms with Crippen molar-refractivity contribution in [3.8, 4) is 6.07 Å². The van der Waals surface area contributed by atoms with Crippen LogP contribution in [0.1, 0.15) is 63.5 Å². The minimum Gasteiger partial charge on any atom is -0.422 e. The van der Waals surface area contributed by atoms with Gasteiger partial charge in [-0.05, 0) is 38.0 Å². The molecule has 112 valence electrons. The van der Waals surface area contributed by atoms with Crippen molar-refractivity contribution in [1.82, 2.24) is 4.98 Å². The molecular weight excluding hydrogens is 264 g/mol. The molecule has 1 aromatic rings. The number of allylic oxidation sites excluding steroid dienone is 2. The molecule has 0 aromatic carbocycles. The van der Waals surface area contributed by atoms with Gasteiger partial charge in [-0.1, -0.05) is 26.0 Å². The highest BCUT2D eigenvalue weighted by atomic mass is 16.4.